The van der Waals surface area contributed by atoms with Gasteiger partial charge in [0.25, 0.3) is 5.91 Å². The lowest BCUT2D eigenvalue weighted by Gasteiger charge is -2.15. The summed E-state index contributed by atoms with van der Waals surface area (Å²) >= 11 is 13.0. The summed E-state index contributed by atoms with van der Waals surface area (Å²) in [6.07, 6.45) is 1.66. The second-order valence-corrected chi connectivity index (χ2v) is 8.77. The van der Waals surface area contributed by atoms with E-state index < -0.39 is 5.97 Å². The number of thiocarbonyl (C=S) groups is 1. The third-order valence-corrected chi connectivity index (χ3v) is 6.18. The third-order valence-electron chi connectivity index (χ3n) is 4.60. The van der Waals surface area contributed by atoms with Crippen molar-refractivity contribution in [3.05, 3.63) is 45.8 Å². The minimum Gasteiger partial charge on any atom is -0.493 e. The number of thioether (sulfide) groups is 1. The van der Waals surface area contributed by atoms with Gasteiger partial charge < -0.3 is 23.7 Å². The van der Waals surface area contributed by atoms with Crippen molar-refractivity contribution in [3.63, 3.8) is 0 Å². The Labute approximate surface area is 204 Å². The molecule has 2 heterocycles. The molecule has 2 aromatic carbocycles. The molecule has 11 heteroatoms. The lowest BCUT2D eigenvalue weighted by molar-refractivity contribution is -0.145. The first-order chi connectivity index (χ1) is 15.9. The Morgan fingerprint density at radius 2 is 2.06 bits per heavy atom. The van der Waals surface area contributed by atoms with Gasteiger partial charge in [-0.25, -0.2) is 4.79 Å². The summed E-state index contributed by atoms with van der Waals surface area (Å²) in [4.78, 5) is 26.5. The molecule has 1 amide bonds. The smallest absolute Gasteiger partial charge is 0.344 e. The molecule has 0 spiro atoms. The van der Waals surface area contributed by atoms with Crippen LogP contribution in [0.2, 0.25) is 5.02 Å². The number of fused-ring (bicyclic) bond motifs is 1. The van der Waals surface area contributed by atoms with Crippen LogP contribution in [0.3, 0.4) is 0 Å². The van der Waals surface area contributed by atoms with Crippen molar-refractivity contribution < 1.29 is 33.3 Å². The van der Waals surface area contributed by atoms with Gasteiger partial charge in [-0.3, -0.25) is 9.69 Å². The van der Waals surface area contributed by atoms with E-state index in [1.807, 2.05) is 0 Å². The number of esters is 1. The molecule has 0 bridgehead atoms. The van der Waals surface area contributed by atoms with E-state index in [4.69, 9.17) is 47.5 Å². The minimum atomic E-state index is -0.521. The van der Waals surface area contributed by atoms with Gasteiger partial charge in [-0.05, 0) is 42.8 Å². The highest BCUT2D eigenvalue weighted by Gasteiger charge is 2.34. The van der Waals surface area contributed by atoms with E-state index in [2.05, 4.69) is 0 Å². The summed E-state index contributed by atoms with van der Waals surface area (Å²) in [6, 6.07) is 8.46. The monoisotopic (exact) mass is 507 g/mol. The summed E-state index contributed by atoms with van der Waals surface area (Å²) < 4.78 is 26.8. The molecule has 1 fully saturated rings. The predicted molar refractivity (Wildman–Crippen MR) is 128 cm³/mol. The fourth-order valence-corrected chi connectivity index (χ4v) is 4.74. The number of nitrogens with zero attached hydrogens (tertiary/aromatic N) is 1. The van der Waals surface area contributed by atoms with Gasteiger partial charge in [0.05, 0.1) is 29.3 Å². The Morgan fingerprint density at radius 3 is 2.82 bits per heavy atom. The van der Waals surface area contributed by atoms with Gasteiger partial charge >= 0.3 is 5.97 Å². The van der Waals surface area contributed by atoms with Crippen molar-refractivity contribution >= 4 is 63.5 Å². The number of carbonyl (C=O) groups is 2. The van der Waals surface area contributed by atoms with Crippen LogP contribution in [0.5, 0.6) is 23.0 Å². The molecule has 33 heavy (non-hydrogen) atoms. The van der Waals surface area contributed by atoms with Crippen LogP contribution < -0.4 is 23.8 Å². The zero-order chi connectivity index (χ0) is 23.5. The first-order valence-corrected chi connectivity index (χ1v) is 11.3. The molecule has 0 atom stereocenters. The third kappa shape index (κ3) is 4.87. The lowest BCUT2D eigenvalue weighted by Crippen LogP contribution is -2.27. The van der Waals surface area contributed by atoms with Crippen molar-refractivity contribution in [2.24, 2.45) is 0 Å². The highest BCUT2D eigenvalue weighted by molar-refractivity contribution is 8.27. The Balaban J connectivity index is 1.57. The van der Waals surface area contributed by atoms with E-state index in [0.717, 1.165) is 0 Å². The van der Waals surface area contributed by atoms with Gasteiger partial charge in [-0.2, -0.15) is 0 Å². The normalized spacial score (nSPS) is 15.8. The van der Waals surface area contributed by atoms with Crippen LogP contribution in [0.1, 0.15) is 12.5 Å². The Hall–Kier alpha value is -2.95. The molecule has 0 radical (unpaired) electrons. The average Bonchev–Trinajstić information content (AvgIpc) is 3.36. The quantitative estimate of drug-likeness (QED) is 0.307. The second kappa shape index (κ2) is 9.90. The zero-order valence-electron chi connectivity index (χ0n) is 17.6. The molecule has 8 nitrogen and oxygen atoms in total. The van der Waals surface area contributed by atoms with Gasteiger partial charge in [0.15, 0.2) is 33.9 Å². The number of hydrogen-bond acceptors (Lipinski definition) is 9. The second-order valence-electron chi connectivity index (χ2n) is 6.68. The van der Waals surface area contributed by atoms with Crippen molar-refractivity contribution in [3.8, 4) is 23.0 Å². The Kier molecular flexibility index (Phi) is 6.96. The summed E-state index contributed by atoms with van der Waals surface area (Å²) in [5, 5.41) is 0.219. The number of anilines is 1. The van der Waals surface area contributed by atoms with Crippen LogP contribution in [-0.2, 0) is 14.3 Å². The first-order valence-electron chi connectivity index (χ1n) is 9.74. The minimum absolute atomic E-state index is 0.138. The maximum Gasteiger partial charge on any atom is 0.344 e. The van der Waals surface area contributed by atoms with E-state index >= 15 is 0 Å². The fraction of sp³-hybridized carbons (Fsp3) is 0.227. The summed E-state index contributed by atoms with van der Waals surface area (Å²) in [5.41, 5.74) is 1.19. The molecule has 2 aliphatic heterocycles. The molecule has 172 valence electrons. The van der Waals surface area contributed by atoms with Crippen molar-refractivity contribution in [1.82, 2.24) is 0 Å². The maximum absolute atomic E-state index is 13.1. The molecule has 4 rings (SSSR count). The number of rotatable bonds is 7. The number of halogens is 1. The Bertz CT molecular complexity index is 1170. The van der Waals surface area contributed by atoms with Gasteiger partial charge in [-0.1, -0.05) is 35.6 Å². The molecule has 0 unspecified atom stereocenters. The van der Waals surface area contributed by atoms with E-state index in [1.54, 1.807) is 43.3 Å². The average molecular weight is 508 g/mol. The topological polar surface area (TPSA) is 83.5 Å². The Morgan fingerprint density at radius 1 is 1.27 bits per heavy atom. The van der Waals surface area contributed by atoms with Gasteiger partial charge in [0, 0.05) is 6.07 Å². The molecular formula is C22H18ClNO7S2. The largest absolute Gasteiger partial charge is 0.493 e. The highest BCUT2D eigenvalue weighted by atomic mass is 35.5. The predicted octanol–water partition coefficient (Wildman–Crippen LogP) is 4.43. The molecule has 0 N–H and O–H groups in total. The molecular weight excluding hydrogens is 490 g/mol. The number of benzene rings is 2. The molecule has 1 saturated heterocycles. The first kappa shape index (κ1) is 23.2. The van der Waals surface area contributed by atoms with Crippen molar-refractivity contribution in [2.45, 2.75) is 6.92 Å². The summed E-state index contributed by atoms with van der Waals surface area (Å²) in [7, 11) is 1.45. The standard InChI is InChI=1S/C22H18ClNO7S2/c1-3-28-19(25)10-29-20-14(23)6-12(7-17(20)27-2)8-18-21(26)24(22(32)33-18)13-4-5-15-16(9-13)31-11-30-15/h4-9H,3,10-11H2,1-2H3/b18-8-. The molecule has 2 aromatic rings. The van der Waals surface area contributed by atoms with Crippen LogP contribution in [0.4, 0.5) is 5.69 Å². The molecule has 0 aliphatic carbocycles. The van der Waals surface area contributed by atoms with E-state index in [-0.39, 0.29) is 36.7 Å². The van der Waals surface area contributed by atoms with E-state index in [1.165, 1.54) is 23.8 Å². The van der Waals surface area contributed by atoms with Gasteiger partial charge in [0.1, 0.15) is 0 Å². The van der Waals surface area contributed by atoms with Crippen molar-refractivity contribution in [2.75, 3.05) is 32.0 Å². The number of ether oxygens (including phenoxy) is 5. The van der Waals surface area contributed by atoms with Gasteiger partial charge in [0.2, 0.25) is 6.79 Å². The maximum atomic E-state index is 13.1. The van der Waals surface area contributed by atoms with Crippen LogP contribution in [0.15, 0.2) is 35.2 Å². The van der Waals surface area contributed by atoms with Crippen LogP contribution in [0, 0.1) is 0 Å². The number of amides is 1. The zero-order valence-corrected chi connectivity index (χ0v) is 20.0. The molecule has 2 aliphatic rings. The van der Waals surface area contributed by atoms with Crippen LogP contribution in [0.25, 0.3) is 6.08 Å². The fourth-order valence-electron chi connectivity index (χ4n) is 3.16. The number of hydrogen-bond donors (Lipinski definition) is 0. The summed E-state index contributed by atoms with van der Waals surface area (Å²) in [5.74, 6) is 0.891. The van der Waals surface area contributed by atoms with Crippen LogP contribution >= 0.6 is 35.6 Å². The number of methoxy groups -OCH3 is 1. The molecule has 0 aromatic heterocycles. The SMILES string of the molecule is CCOC(=O)COc1c(Cl)cc(/C=C2\SC(=S)N(c3ccc4c(c3)OCO4)C2=O)cc1OC. The molecule has 0 saturated carbocycles. The lowest BCUT2D eigenvalue weighted by atomic mass is 10.1. The summed E-state index contributed by atoms with van der Waals surface area (Å²) in [6.45, 7) is 1.78. The van der Waals surface area contributed by atoms with E-state index in [0.29, 0.717) is 37.7 Å². The van der Waals surface area contributed by atoms with E-state index in [9.17, 15) is 9.59 Å². The van der Waals surface area contributed by atoms with Gasteiger partial charge in [-0.15, -0.1) is 0 Å². The highest BCUT2D eigenvalue weighted by Crippen LogP contribution is 2.42. The van der Waals surface area contributed by atoms with Crippen LogP contribution in [-0.4, -0.2) is 43.3 Å². The van der Waals surface area contributed by atoms with Crippen molar-refractivity contribution in [1.29, 1.82) is 0 Å². The number of carbonyl (C=O) groups excluding carboxylic acids is 2.